The van der Waals surface area contributed by atoms with Crippen molar-refractivity contribution in [2.45, 2.75) is 0 Å². The smallest absolute Gasteiger partial charge is 0.160 e. The number of aromatic nitrogens is 3. The maximum absolute atomic E-state index is 5.21. The number of nitrogens with zero attached hydrogens (tertiary/aromatic N) is 3. The Morgan fingerprint density at radius 1 is 0.278 bits per heavy atom. The van der Waals surface area contributed by atoms with Crippen LogP contribution in [0.25, 0.3) is 99.6 Å². The minimum atomic E-state index is 0.685. The van der Waals surface area contributed by atoms with E-state index in [1.807, 2.05) is 18.5 Å². The first-order valence-electron chi connectivity index (χ1n) is 18.2. The van der Waals surface area contributed by atoms with E-state index >= 15 is 0 Å². The maximum Gasteiger partial charge on any atom is 0.160 e. The summed E-state index contributed by atoms with van der Waals surface area (Å²) < 4.78 is 0. The normalized spacial score (nSPS) is 11.3. The molecule has 0 aliphatic rings. The van der Waals surface area contributed by atoms with E-state index in [0.717, 1.165) is 55.7 Å². The number of benzene rings is 8. The van der Waals surface area contributed by atoms with Crippen molar-refractivity contribution in [1.29, 1.82) is 0 Å². The Labute approximate surface area is 313 Å². The lowest BCUT2D eigenvalue weighted by atomic mass is 9.93. The van der Waals surface area contributed by atoms with Gasteiger partial charge >= 0.3 is 0 Å². The summed E-state index contributed by atoms with van der Waals surface area (Å²) in [4.78, 5) is 14.9. The van der Waals surface area contributed by atoms with E-state index in [-0.39, 0.29) is 0 Å². The third-order valence-corrected chi connectivity index (χ3v) is 10.4. The van der Waals surface area contributed by atoms with Gasteiger partial charge in [0, 0.05) is 40.0 Å². The van der Waals surface area contributed by atoms with E-state index in [2.05, 4.69) is 187 Å². The van der Waals surface area contributed by atoms with Gasteiger partial charge in [0.15, 0.2) is 5.82 Å². The standard InChI is InChI=1S/C51H33N3/c1-2-11-34(12-3-1)39-15-10-16-41(29-39)50-31-49(37-25-21-36(22-26-37)48-33-52-32-42-14-5-7-18-44(42)48)53-51(54-50)38-27-23-35(24-28-38)47-30-40-13-4-6-17-43(40)45-19-8-9-20-46(45)47/h1-33H. The number of pyridine rings is 1. The van der Waals surface area contributed by atoms with Crippen molar-refractivity contribution in [3.05, 3.63) is 200 Å². The second-order valence-corrected chi connectivity index (χ2v) is 13.7. The molecule has 0 atom stereocenters. The van der Waals surface area contributed by atoms with Gasteiger partial charge in [-0.25, -0.2) is 9.97 Å². The van der Waals surface area contributed by atoms with Crippen LogP contribution in [0.1, 0.15) is 0 Å². The number of fused-ring (bicyclic) bond motifs is 4. The van der Waals surface area contributed by atoms with Gasteiger partial charge in [0.25, 0.3) is 0 Å². The highest BCUT2D eigenvalue weighted by Gasteiger charge is 2.14. The van der Waals surface area contributed by atoms with Gasteiger partial charge in [-0.15, -0.1) is 0 Å². The predicted molar refractivity (Wildman–Crippen MR) is 225 cm³/mol. The van der Waals surface area contributed by atoms with Crippen LogP contribution < -0.4 is 0 Å². The largest absolute Gasteiger partial charge is 0.263 e. The molecular weight excluding hydrogens is 655 g/mol. The summed E-state index contributed by atoms with van der Waals surface area (Å²) in [6, 6.07) is 66.5. The van der Waals surface area contributed by atoms with Crippen molar-refractivity contribution in [2.24, 2.45) is 0 Å². The van der Waals surface area contributed by atoms with Crippen LogP contribution in [0.2, 0.25) is 0 Å². The number of hydrogen-bond acceptors (Lipinski definition) is 3. The van der Waals surface area contributed by atoms with E-state index in [9.17, 15) is 0 Å². The Hall–Kier alpha value is -7.23. The molecule has 0 fully saturated rings. The molecule has 3 heteroatoms. The molecule has 54 heavy (non-hydrogen) atoms. The van der Waals surface area contributed by atoms with Crippen LogP contribution in [0.5, 0.6) is 0 Å². The highest BCUT2D eigenvalue weighted by atomic mass is 14.9. The molecule has 2 aromatic heterocycles. The quantitative estimate of drug-likeness (QED) is 0.163. The van der Waals surface area contributed by atoms with E-state index < -0.39 is 0 Å². The fourth-order valence-corrected chi connectivity index (χ4v) is 7.62. The molecular formula is C51H33N3. The summed E-state index contributed by atoms with van der Waals surface area (Å²) >= 11 is 0. The Morgan fingerprint density at radius 3 is 1.61 bits per heavy atom. The average Bonchev–Trinajstić information content (AvgIpc) is 3.26. The molecule has 8 aromatic carbocycles. The molecule has 0 aliphatic heterocycles. The SMILES string of the molecule is c1ccc(-c2cccc(-c3cc(-c4ccc(-c5cncc6ccccc56)cc4)nc(-c4ccc(-c5cc6ccccc6c6ccccc56)cc4)n3)c2)cc1. The molecule has 2 heterocycles. The summed E-state index contributed by atoms with van der Waals surface area (Å²) in [7, 11) is 0. The predicted octanol–water partition coefficient (Wildman–Crippen LogP) is 13.3. The maximum atomic E-state index is 5.21. The molecule has 252 valence electrons. The van der Waals surface area contributed by atoms with E-state index in [0.29, 0.717) is 5.82 Å². The Balaban J connectivity index is 1.08. The summed E-state index contributed by atoms with van der Waals surface area (Å²) in [5.41, 5.74) is 11.7. The molecule has 0 saturated heterocycles. The lowest BCUT2D eigenvalue weighted by Crippen LogP contribution is -1.96. The van der Waals surface area contributed by atoms with E-state index in [4.69, 9.17) is 9.97 Å². The van der Waals surface area contributed by atoms with Crippen molar-refractivity contribution >= 4 is 32.3 Å². The molecule has 0 radical (unpaired) electrons. The van der Waals surface area contributed by atoms with Gasteiger partial charge in [-0.05, 0) is 72.9 Å². The molecule has 0 unspecified atom stereocenters. The number of hydrogen-bond donors (Lipinski definition) is 0. The fourth-order valence-electron chi connectivity index (χ4n) is 7.62. The molecule has 0 saturated carbocycles. The van der Waals surface area contributed by atoms with Crippen LogP contribution in [-0.4, -0.2) is 15.0 Å². The molecule has 0 spiro atoms. The average molecular weight is 688 g/mol. The van der Waals surface area contributed by atoms with Crippen molar-refractivity contribution in [3.63, 3.8) is 0 Å². The minimum Gasteiger partial charge on any atom is -0.263 e. The van der Waals surface area contributed by atoms with Crippen LogP contribution in [0, 0.1) is 0 Å². The topological polar surface area (TPSA) is 38.7 Å². The lowest BCUT2D eigenvalue weighted by molar-refractivity contribution is 1.18. The van der Waals surface area contributed by atoms with Crippen molar-refractivity contribution in [3.8, 4) is 67.3 Å². The van der Waals surface area contributed by atoms with Crippen molar-refractivity contribution in [1.82, 2.24) is 15.0 Å². The van der Waals surface area contributed by atoms with Gasteiger partial charge in [-0.1, -0.05) is 170 Å². The van der Waals surface area contributed by atoms with Gasteiger partial charge in [0.2, 0.25) is 0 Å². The summed E-state index contributed by atoms with van der Waals surface area (Å²) in [6.07, 6.45) is 3.86. The molecule has 10 aromatic rings. The Kier molecular flexibility index (Phi) is 7.81. The van der Waals surface area contributed by atoms with Crippen LogP contribution >= 0.6 is 0 Å². The summed E-state index contributed by atoms with van der Waals surface area (Å²) in [5.74, 6) is 0.685. The Bertz CT molecular complexity index is 2960. The fraction of sp³-hybridized carbons (Fsp3) is 0. The monoisotopic (exact) mass is 687 g/mol. The van der Waals surface area contributed by atoms with E-state index in [1.54, 1.807) is 0 Å². The third kappa shape index (κ3) is 5.78. The van der Waals surface area contributed by atoms with Crippen molar-refractivity contribution < 1.29 is 0 Å². The second kappa shape index (κ2) is 13.4. The van der Waals surface area contributed by atoms with Crippen LogP contribution in [0.15, 0.2) is 200 Å². The third-order valence-electron chi connectivity index (χ3n) is 10.4. The first-order valence-corrected chi connectivity index (χ1v) is 18.2. The van der Waals surface area contributed by atoms with Gasteiger partial charge in [0.05, 0.1) is 11.4 Å². The molecule has 0 N–H and O–H groups in total. The van der Waals surface area contributed by atoms with Gasteiger partial charge in [-0.2, -0.15) is 0 Å². The highest BCUT2D eigenvalue weighted by Crippen LogP contribution is 2.37. The summed E-state index contributed by atoms with van der Waals surface area (Å²) in [6.45, 7) is 0. The Morgan fingerprint density at radius 2 is 0.833 bits per heavy atom. The zero-order chi connectivity index (χ0) is 35.8. The van der Waals surface area contributed by atoms with Gasteiger partial charge in [0.1, 0.15) is 0 Å². The summed E-state index contributed by atoms with van der Waals surface area (Å²) in [5, 5.41) is 7.31. The zero-order valence-electron chi connectivity index (χ0n) is 29.4. The van der Waals surface area contributed by atoms with Gasteiger partial charge in [-0.3, -0.25) is 4.98 Å². The first-order chi connectivity index (χ1) is 26.7. The lowest BCUT2D eigenvalue weighted by Gasteiger charge is -2.13. The molecule has 3 nitrogen and oxygen atoms in total. The second-order valence-electron chi connectivity index (χ2n) is 13.7. The van der Waals surface area contributed by atoms with Crippen LogP contribution in [-0.2, 0) is 0 Å². The molecule has 0 bridgehead atoms. The molecule has 10 rings (SSSR count). The first kappa shape index (κ1) is 31.5. The molecule has 0 amide bonds. The van der Waals surface area contributed by atoms with E-state index in [1.165, 1.54) is 38.1 Å². The number of rotatable bonds is 6. The molecule has 0 aliphatic carbocycles. The van der Waals surface area contributed by atoms with Crippen LogP contribution in [0.3, 0.4) is 0 Å². The minimum absolute atomic E-state index is 0.685. The van der Waals surface area contributed by atoms with Gasteiger partial charge < -0.3 is 0 Å². The zero-order valence-corrected chi connectivity index (χ0v) is 29.4. The van der Waals surface area contributed by atoms with Crippen molar-refractivity contribution in [2.75, 3.05) is 0 Å². The van der Waals surface area contributed by atoms with Crippen LogP contribution in [0.4, 0.5) is 0 Å². The highest BCUT2D eigenvalue weighted by molar-refractivity contribution is 6.13.